The molecule has 0 aromatic carbocycles. The molecule has 21 heavy (non-hydrogen) atoms. The van der Waals surface area contributed by atoms with Crippen LogP contribution in [0.15, 0.2) is 24.5 Å². The summed E-state index contributed by atoms with van der Waals surface area (Å²) >= 11 is 0. The van der Waals surface area contributed by atoms with Gasteiger partial charge in [0.2, 0.25) is 0 Å². The van der Waals surface area contributed by atoms with Gasteiger partial charge in [-0.25, -0.2) is 9.18 Å². The van der Waals surface area contributed by atoms with Crippen LogP contribution in [0.5, 0.6) is 0 Å². The van der Waals surface area contributed by atoms with Gasteiger partial charge in [-0.3, -0.25) is 9.67 Å². The molecule has 2 aromatic heterocycles. The number of halogens is 1. The first-order chi connectivity index (χ1) is 10.1. The Morgan fingerprint density at radius 2 is 2.24 bits per heavy atom. The Morgan fingerprint density at radius 1 is 1.43 bits per heavy atom. The largest absolute Gasteiger partial charge is 0.338 e. The van der Waals surface area contributed by atoms with Crippen molar-refractivity contribution in [1.82, 2.24) is 20.1 Å². The van der Waals surface area contributed by atoms with Crippen LogP contribution in [0.1, 0.15) is 17.8 Å². The summed E-state index contributed by atoms with van der Waals surface area (Å²) in [4.78, 5) is 15.2. The third kappa shape index (κ3) is 4.27. The van der Waals surface area contributed by atoms with Crippen LogP contribution < -0.4 is 10.6 Å². The summed E-state index contributed by atoms with van der Waals surface area (Å²) in [6.45, 7) is 5.14. The minimum atomic E-state index is -0.560. The minimum absolute atomic E-state index is 0.112. The van der Waals surface area contributed by atoms with Crippen molar-refractivity contribution in [1.29, 1.82) is 0 Å². The number of aryl methyl sites for hydroxylation is 3. The second-order valence-electron chi connectivity index (χ2n) is 4.74. The average molecular weight is 291 g/mol. The molecule has 2 heterocycles. The van der Waals surface area contributed by atoms with Crippen LogP contribution in [0.4, 0.5) is 14.9 Å². The number of hydrogen-bond donors (Lipinski definition) is 2. The topological polar surface area (TPSA) is 71.8 Å². The molecule has 0 radical (unpaired) electrons. The predicted octanol–water partition coefficient (Wildman–Crippen LogP) is 2.25. The third-order valence-electron chi connectivity index (χ3n) is 2.96. The van der Waals surface area contributed by atoms with Gasteiger partial charge >= 0.3 is 6.03 Å². The van der Waals surface area contributed by atoms with Crippen LogP contribution in [0, 0.1) is 19.7 Å². The molecule has 0 saturated heterocycles. The Kier molecular flexibility index (Phi) is 4.86. The zero-order chi connectivity index (χ0) is 15.2. The third-order valence-corrected chi connectivity index (χ3v) is 2.96. The summed E-state index contributed by atoms with van der Waals surface area (Å²) in [6.07, 6.45) is 3.22. The highest BCUT2D eigenvalue weighted by atomic mass is 19.1. The number of amides is 2. The lowest BCUT2D eigenvalue weighted by Crippen LogP contribution is -2.30. The number of nitrogens with zero attached hydrogens (tertiary/aromatic N) is 3. The second-order valence-corrected chi connectivity index (χ2v) is 4.74. The highest BCUT2D eigenvalue weighted by molar-refractivity contribution is 5.89. The van der Waals surface area contributed by atoms with Gasteiger partial charge in [-0.2, -0.15) is 5.10 Å². The maximum Gasteiger partial charge on any atom is 0.319 e. The lowest BCUT2D eigenvalue weighted by molar-refractivity contribution is 0.251. The molecular formula is C14H18FN5O. The number of pyridine rings is 1. The second kappa shape index (κ2) is 6.83. The first-order valence-electron chi connectivity index (χ1n) is 6.71. The van der Waals surface area contributed by atoms with E-state index in [1.165, 1.54) is 12.3 Å². The molecule has 0 atom stereocenters. The summed E-state index contributed by atoms with van der Waals surface area (Å²) in [5, 5.41) is 9.45. The van der Waals surface area contributed by atoms with Gasteiger partial charge < -0.3 is 10.6 Å². The van der Waals surface area contributed by atoms with E-state index in [0.717, 1.165) is 30.6 Å². The maximum atomic E-state index is 13.3. The molecule has 2 rings (SSSR count). The summed E-state index contributed by atoms with van der Waals surface area (Å²) in [7, 11) is 0. The number of urea groups is 1. The van der Waals surface area contributed by atoms with E-state index in [4.69, 9.17) is 0 Å². The van der Waals surface area contributed by atoms with Crippen molar-refractivity contribution in [2.45, 2.75) is 26.8 Å². The number of hydrogen-bond acceptors (Lipinski definition) is 3. The zero-order valence-electron chi connectivity index (χ0n) is 12.1. The lowest BCUT2D eigenvalue weighted by Gasteiger charge is -2.08. The van der Waals surface area contributed by atoms with Crippen molar-refractivity contribution in [2.75, 3.05) is 11.9 Å². The van der Waals surface area contributed by atoms with Crippen molar-refractivity contribution < 1.29 is 9.18 Å². The SMILES string of the molecule is Cc1cc(C)n(CCCNC(=O)Nc2ccncc2F)n1. The summed E-state index contributed by atoms with van der Waals surface area (Å²) in [5.41, 5.74) is 2.18. The minimum Gasteiger partial charge on any atom is -0.338 e. The van der Waals surface area contributed by atoms with Crippen molar-refractivity contribution in [2.24, 2.45) is 0 Å². The van der Waals surface area contributed by atoms with E-state index in [2.05, 4.69) is 20.7 Å². The van der Waals surface area contributed by atoms with E-state index >= 15 is 0 Å². The Morgan fingerprint density at radius 3 is 2.90 bits per heavy atom. The van der Waals surface area contributed by atoms with Gasteiger partial charge in [0.05, 0.1) is 17.6 Å². The monoisotopic (exact) mass is 291 g/mol. The molecule has 112 valence electrons. The molecule has 0 unspecified atom stereocenters. The van der Waals surface area contributed by atoms with Crippen LogP contribution >= 0.6 is 0 Å². The number of aromatic nitrogens is 3. The van der Waals surface area contributed by atoms with E-state index in [1.807, 2.05) is 24.6 Å². The van der Waals surface area contributed by atoms with Gasteiger partial charge in [-0.05, 0) is 32.4 Å². The molecular weight excluding hydrogens is 273 g/mol. The summed E-state index contributed by atoms with van der Waals surface area (Å²) in [5.74, 6) is -0.560. The van der Waals surface area contributed by atoms with Crippen molar-refractivity contribution in [3.8, 4) is 0 Å². The van der Waals surface area contributed by atoms with E-state index < -0.39 is 11.8 Å². The van der Waals surface area contributed by atoms with Gasteiger partial charge in [-0.15, -0.1) is 0 Å². The quantitative estimate of drug-likeness (QED) is 0.830. The fraction of sp³-hybridized carbons (Fsp3) is 0.357. The maximum absolute atomic E-state index is 13.3. The van der Waals surface area contributed by atoms with E-state index in [9.17, 15) is 9.18 Å². The lowest BCUT2D eigenvalue weighted by atomic mass is 10.4. The van der Waals surface area contributed by atoms with Crippen LogP contribution in [0.25, 0.3) is 0 Å². The van der Waals surface area contributed by atoms with Gasteiger partial charge in [-0.1, -0.05) is 0 Å². The van der Waals surface area contributed by atoms with Crippen molar-refractivity contribution in [3.05, 3.63) is 41.7 Å². The normalized spacial score (nSPS) is 10.4. The number of nitrogens with one attached hydrogen (secondary N) is 2. The standard InChI is InChI=1S/C14H18FN5O/c1-10-8-11(2)20(19-10)7-3-5-17-14(21)18-13-4-6-16-9-12(13)15/h4,6,8-9H,3,5,7H2,1-2H3,(H2,16,17,18,21). The Hall–Kier alpha value is -2.44. The Bertz CT molecular complexity index is 626. The Labute approximate surface area is 122 Å². The number of anilines is 1. The van der Waals surface area contributed by atoms with Gasteiger partial charge in [0.15, 0.2) is 5.82 Å². The first kappa shape index (κ1) is 15.0. The number of carbonyl (C=O) groups excluding carboxylic acids is 1. The first-order valence-corrected chi connectivity index (χ1v) is 6.71. The molecule has 0 fully saturated rings. The summed E-state index contributed by atoms with van der Waals surface area (Å²) in [6, 6.07) is 2.98. The summed E-state index contributed by atoms with van der Waals surface area (Å²) < 4.78 is 15.2. The molecule has 0 aliphatic carbocycles. The number of rotatable bonds is 5. The zero-order valence-corrected chi connectivity index (χ0v) is 12.1. The van der Waals surface area contributed by atoms with Gasteiger partial charge in [0.1, 0.15) is 0 Å². The molecule has 0 aliphatic rings. The fourth-order valence-electron chi connectivity index (χ4n) is 1.98. The smallest absolute Gasteiger partial charge is 0.319 e. The molecule has 6 nitrogen and oxygen atoms in total. The van der Waals surface area contributed by atoms with Gasteiger partial charge in [0.25, 0.3) is 0 Å². The fourth-order valence-corrected chi connectivity index (χ4v) is 1.98. The highest BCUT2D eigenvalue weighted by Gasteiger charge is 2.06. The molecule has 2 aromatic rings. The molecule has 0 saturated carbocycles. The van der Waals surface area contributed by atoms with Crippen LogP contribution in [0.3, 0.4) is 0 Å². The molecule has 2 amide bonds. The van der Waals surface area contributed by atoms with E-state index in [1.54, 1.807) is 0 Å². The Balaban J connectivity index is 1.72. The van der Waals surface area contributed by atoms with Crippen LogP contribution in [-0.4, -0.2) is 27.3 Å². The molecule has 0 bridgehead atoms. The molecule has 2 N–H and O–H groups in total. The van der Waals surface area contributed by atoms with Crippen molar-refractivity contribution in [3.63, 3.8) is 0 Å². The van der Waals surface area contributed by atoms with E-state index in [0.29, 0.717) is 6.54 Å². The molecule has 0 spiro atoms. The van der Waals surface area contributed by atoms with Gasteiger partial charge in [0, 0.05) is 25.0 Å². The molecule has 7 heteroatoms. The van der Waals surface area contributed by atoms with Crippen molar-refractivity contribution >= 4 is 11.7 Å². The molecule has 0 aliphatic heterocycles. The van der Waals surface area contributed by atoms with Crippen LogP contribution in [-0.2, 0) is 6.54 Å². The predicted molar refractivity (Wildman–Crippen MR) is 77.5 cm³/mol. The highest BCUT2D eigenvalue weighted by Crippen LogP contribution is 2.10. The van der Waals surface area contributed by atoms with Crippen LogP contribution in [0.2, 0.25) is 0 Å². The number of carbonyl (C=O) groups is 1. The average Bonchev–Trinajstić information content (AvgIpc) is 2.76. The van der Waals surface area contributed by atoms with E-state index in [-0.39, 0.29) is 5.69 Å².